The van der Waals surface area contributed by atoms with Crippen LogP contribution in [0.1, 0.15) is 49.9 Å². The number of para-hydroxylation sites is 2. The van der Waals surface area contributed by atoms with Gasteiger partial charge in [0.2, 0.25) is 0 Å². The van der Waals surface area contributed by atoms with Crippen molar-refractivity contribution in [1.82, 2.24) is 9.13 Å². The van der Waals surface area contributed by atoms with Crippen molar-refractivity contribution in [3.63, 3.8) is 0 Å². The first kappa shape index (κ1) is 54.1. The van der Waals surface area contributed by atoms with Crippen LogP contribution in [0.3, 0.4) is 0 Å². The molecule has 12 aromatic rings. The van der Waals surface area contributed by atoms with Gasteiger partial charge in [-0.15, -0.1) is 0 Å². The molecule has 1 aliphatic rings. The lowest BCUT2D eigenvalue weighted by molar-refractivity contribution is 0.00578. The highest BCUT2D eigenvalue weighted by Gasteiger charge is 2.51. The van der Waals surface area contributed by atoms with Gasteiger partial charge >= 0.3 is 7.12 Å². The van der Waals surface area contributed by atoms with Crippen LogP contribution in [0.2, 0.25) is 0 Å². The van der Waals surface area contributed by atoms with E-state index in [9.17, 15) is 24.6 Å². The Morgan fingerprint density at radius 2 is 0.829 bits per heavy atom. The minimum atomic E-state index is -0.415. The molecule has 13 rings (SSSR count). The summed E-state index contributed by atoms with van der Waals surface area (Å²) >= 11 is 3.33. The van der Waals surface area contributed by atoms with E-state index in [4.69, 9.17) is 14.6 Å². The molecule has 0 bridgehead atoms. The third kappa shape index (κ3) is 10.2. The van der Waals surface area contributed by atoms with Gasteiger partial charge in [-0.1, -0.05) is 119 Å². The van der Waals surface area contributed by atoms with Crippen LogP contribution in [0.4, 0.5) is 8.78 Å². The van der Waals surface area contributed by atoms with Crippen LogP contribution in [0.5, 0.6) is 0 Å². The zero-order chi connectivity index (χ0) is 57.3. The highest BCUT2D eigenvalue weighted by Crippen LogP contribution is 2.39. The second-order valence-electron chi connectivity index (χ2n) is 20.8. The summed E-state index contributed by atoms with van der Waals surface area (Å²) in [6, 6.07) is 77.1. The van der Waals surface area contributed by atoms with Gasteiger partial charge in [-0.05, 0) is 171 Å². The van der Waals surface area contributed by atoms with Crippen molar-refractivity contribution in [3.05, 3.63) is 257 Å². The fourth-order valence-electron chi connectivity index (χ4n) is 10.6. The molecule has 8 nitrogen and oxygen atoms in total. The Morgan fingerprint density at radius 1 is 0.402 bits per heavy atom. The molecular weight excluding hydrogens is 1090 g/mol. The lowest BCUT2D eigenvalue weighted by Gasteiger charge is -2.32. The number of halogens is 3. The smallest absolute Gasteiger partial charge is 0.399 e. The summed E-state index contributed by atoms with van der Waals surface area (Å²) in [7, 11) is -0.409. The van der Waals surface area contributed by atoms with E-state index in [2.05, 4.69) is 119 Å². The minimum Gasteiger partial charge on any atom is -0.399 e. The van der Waals surface area contributed by atoms with E-state index in [1.807, 2.05) is 127 Å². The van der Waals surface area contributed by atoms with E-state index in [0.29, 0.717) is 44.5 Å². The standard InChI is InChI=1S/C32H18FN3.C25H23BN2O2.C13H7BrFN/c33-29-12-5-9-25(20-35)32(29)24-8-3-6-22(17-24)23-7-4-10-26(18-23)36-30-13-2-1-11-27(30)28-16-21(19-34)14-15-31(28)36;1-24(2)25(3,4)30-26(29-24)18-8-7-9-19(15-18)28-22-11-6-5-10-20(22)21-14-17(16-27)12-13-23(21)28;14-11-5-1-3-9(7-11)13-10(8-16)4-2-6-12(13)15/h1-18H;5-15H,1-4H3;1-7H. The maximum Gasteiger partial charge on any atom is 0.494 e. The van der Waals surface area contributed by atoms with Crippen LogP contribution in [0.25, 0.3) is 88.4 Å². The third-order valence-electron chi connectivity index (χ3n) is 15.2. The predicted molar refractivity (Wildman–Crippen MR) is 327 cm³/mol. The van der Waals surface area contributed by atoms with E-state index in [1.165, 1.54) is 18.2 Å². The zero-order valence-electron chi connectivity index (χ0n) is 45.0. The third-order valence-corrected chi connectivity index (χ3v) is 15.7. The average molecular weight is 1130 g/mol. The molecule has 3 heterocycles. The Balaban J connectivity index is 0.000000138. The molecule has 10 aromatic carbocycles. The van der Waals surface area contributed by atoms with E-state index < -0.39 is 12.9 Å². The first-order valence-corrected chi connectivity index (χ1v) is 27.2. The Hall–Kier alpha value is -9.92. The fourth-order valence-corrected chi connectivity index (χ4v) is 11.0. The average Bonchev–Trinajstić information content (AvgIpc) is 4.32. The monoisotopic (exact) mass is 1130 g/mol. The molecule has 0 N–H and O–H groups in total. The SMILES string of the molecule is CC1(C)OB(c2cccc(-n3c4ccccc4c4cc(C#N)ccc43)c2)OC1(C)C.N#Cc1ccc2c(c1)c1ccccc1n2-c1cccc(-c2cccc(-c3c(F)cccc3C#N)c2)c1.N#Cc1cccc(F)c1-c1cccc(Br)c1. The van der Waals surface area contributed by atoms with Gasteiger partial charge in [-0.25, -0.2) is 8.78 Å². The highest BCUT2D eigenvalue weighted by molar-refractivity contribution is 9.10. The Morgan fingerprint density at radius 3 is 1.34 bits per heavy atom. The summed E-state index contributed by atoms with van der Waals surface area (Å²) in [5.41, 5.74) is 12.4. The molecule has 0 aliphatic carbocycles. The van der Waals surface area contributed by atoms with Crippen molar-refractivity contribution in [2.24, 2.45) is 0 Å². The number of nitriles is 4. The van der Waals surface area contributed by atoms with Gasteiger partial charge in [-0.2, -0.15) is 21.0 Å². The number of fused-ring (bicyclic) bond motifs is 6. The molecule has 12 heteroatoms. The van der Waals surface area contributed by atoms with Crippen molar-refractivity contribution < 1.29 is 18.1 Å². The number of hydrogen-bond donors (Lipinski definition) is 0. The van der Waals surface area contributed by atoms with Gasteiger partial charge in [0.1, 0.15) is 11.6 Å². The normalized spacial score (nSPS) is 13.1. The Kier molecular flexibility index (Phi) is 14.7. The topological polar surface area (TPSA) is 123 Å². The van der Waals surface area contributed by atoms with E-state index in [0.717, 1.165) is 76.0 Å². The number of hydrogen-bond acceptors (Lipinski definition) is 6. The predicted octanol–water partition coefficient (Wildman–Crippen LogP) is 17.1. The molecule has 394 valence electrons. The number of rotatable bonds is 6. The van der Waals surface area contributed by atoms with Gasteiger partial charge in [-0.3, -0.25) is 0 Å². The van der Waals surface area contributed by atoms with Crippen LogP contribution < -0.4 is 5.46 Å². The highest BCUT2D eigenvalue weighted by atomic mass is 79.9. The summed E-state index contributed by atoms with van der Waals surface area (Å²) in [6.07, 6.45) is 0. The van der Waals surface area contributed by atoms with Crippen LogP contribution in [0, 0.1) is 57.0 Å². The summed E-state index contributed by atoms with van der Waals surface area (Å²) in [4.78, 5) is 0. The molecule has 82 heavy (non-hydrogen) atoms. The largest absolute Gasteiger partial charge is 0.494 e. The zero-order valence-corrected chi connectivity index (χ0v) is 46.6. The number of benzene rings is 10. The molecule has 1 fully saturated rings. The van der Waals surface area contributed by atoms with E-state index >= 15 is 0 Å². The maximum absolute atomic E-state index is 14.7. The molecule has 0 atom stereocenters. The van der Waals surface area contributed by atoms with Crippen LogP contribution in [0.15, 0.2) is 223 Å². The lowest BCUT2D eigenvalue weighted by atomic mass is 9.79. The van der Waals surface area contributed by atoms with Gasteiger partial charge < -0.3 is 18.4 Å². The molecule has 1 saturated heterocycles. The van der Waals surface area contributed by atoms with E-state index in [1.54, 1.807) is 30.3 Å². The molecule has 0 radical (unpaired) electrons. The first-order valence-electron chi connectivity index (χ1n) is 26.4. The van der Waals surface area contributed by atoms with Crippen LogP contribution >= 0.6 is 15.9 Å². The molecular formula is C70H48BBrF2N6O2. The van der Waals surface area contributed by atoms with E-state index in [-0.39, 0.29) is 17.0 Å². The number of nitrogens with zero attached hydrogens (tertiary/aromatic N) is 6. The van der Waals surface area contributed by atoms with Crippen molar-refractivity contribution >= 4 is 72.1 Å². The van der Waals surface area contributed by atoms with Crippen LogP contribution in [-0.4, -0.2) is 27.5 Å². The Labute approximate surface area is 482 Å². The van der Waals surface area contributed by atoms with Gasteiger partial charge in [0.05, 0.1) is 79.8 Å². The van der Waals surface area contributed by atoms with Crippen molar-refractivity contribution in [1.29, 1.82) is 21.0 Å². The lowest BCUT2D eigenvalue weighted by Crippen LogP contribution is -2.41. The molecule has 1 aliphatic heterocycles. The van der Waals surface area contributed by atoms with Crippen molar-refractivity contribution in [2.75, 3.05) is 0 Å². The summed E-state index contributed by atoms with van der Waals surface area (Å²) in [5.74, 6) is -0.792. The van der Waals surface area contributed by atoms with Gasteiger partial charge in [0.15, 0.2) is 0 Å². The van der Waals surface area contributed by atoms with Crippen molar-refractivity contribution in [2.45, 2.75) is 38.9 Å². The van der Waals surface area contributed by atoms with Gasteiger partial charge in [0, 0.05) is 48.5 Å². The summed E-state index contributed by atoms with van der Waals surface area (Å²) in [6.45, 7) is 8.26. The first-order chi connectivity index (χ1) is 39.7. The molecule has 0 spiro atoms. The molecule has 2 aromatic heterocycles. The second kappa shape index (κ2) is 22.3. The molecule has 0 amide bonds. The number of aromatic nitrogens is 2. The second-order valence-corrected chi connectivity index (χ2v) is 21.7. The maximum atomic E-state index is 14.7. The minimum absolute atomic E-state index is 0.308. The summed E-state index contributed by atoms with van der Waals surface area (Å²) < 4.78 is 46.2. The van der Waals surface area contributed by atoms with Crippen LogP contribution in [-0.2, 0) is 9.31 Å². The van der Waals surface area contributed by atoms with Gasteiger partial charge in [0.25, 0.3) is 0 Å². The quantitative estimate of drug-likeness (QED) is 0.153. The fraction of sp³-hybridized carbons (Fsp3) is 0.0857. The molecule has 0 unspecified atom stereocenters. The molecule has 0 saturated carbocycles. The Bertz CT molecular complexity index is 4650. The summed E-state index contributed by atoms with van der Waals surface area (Å²) in [5, 5.41) is 41.5. The van der Waals surface area contributed by atoms with Crippen molar-refractivity contribution in [3.8, 4) is 69.0 Å².